The quantitative estimate of drug-likeness (QED) is 0.803. The Morgan fingerprint density at radius 2 is 1.91 bits per heavy atom. The van der Waals surface area contributed by atoms with Gasteiger partial charge < -0.3 is 15.0 Å². The van der Waals surface area contributed by atoms with Gasteiger partial charge in [-0.3, -0.25) is 0 Å². The number of para-hydroxylation sites is 1. The van der Waals surface area contributed by atoms with E-state index in [0.29, 0.717) is 6.54 Å². The van der Waals surface area contributed by atoms with Crippen LogP contribution < -0.4 is 10.5 Å². The Morgan fingerprint density at radius 3 is 2.68 bits per heavy atom. The first-order valence-electron chi connectivity index (χ1n) is 7.40. The van der Waals surface area contributed by atoms with Crippen molar-refractivity contribution in [2.75, 3.05) is 7.11 Å². The van der Waals surface area contributed by atoms with Crippen molar-refractivity contribution >= 4 is 11.0 Å². The lowest BCUT2D eigenvalue weighted by Gasteiger charge is -2.16. The minimum absolute atomic E-state index is 0.143. The van der Waals surface area contributed by atoms with Crippen molar-refractivity contribution in [2.24, 2.45) is 5.73 Å². The third-order valence-corrected chi connectivity index (χ3v) is 4.17. The molecule has 22 heavy (non-hydrogen) atoms. The molecule has 2 N–H and O–H groups in total. The lowest BCUT2D eigenvalue weighted by molar-refractivity contribution is 0.402. The van der Waals surface area contributed by atoms with E-state index in [2.05, 4.69) is 35.5 Å². The molecule has 2 aromatic carbocycles. The molecule has 1 atom stereocenters. The Labute approximate surface area is 130 Å². The van der Waals surface area contributed by atoms with E-state index in [9.17, 15) is 0 Å². The molecule has 0 bridgehead atoms. The predicted octanol–water partition coefficient (Wildman–Crippen LogP) is 3.36. The number of fused-ring (bicyclic) bond motifs is 1. The zero-order valence-electron chi connectivity index (χ0n) is 13.2. The number of rotatable bonds is 4. The number of hydrogen-bond donors (Lipinski definition) is 1. The summed E-state index contributed by atoms with van der Waals surface area (Å²) in [7, 11) is 1.67. The van der Waals surface area contributed by atoms with Gasteiger partial charge in [-0.2, -0.15) is 0 Å². The van der Waals surface area contributed by atoms with E-state index in [1.807, 2.05) is 30.6 Å². The first-order valence-corrected chi connectivity index (χ1v) is 7.40. The van der Waals surface area contributed by atoms with Crippen molar-refractivity contribution in [1.29, 1.82) is 0 Å². The van der Waals surface area contributed by atoms with Crippen molar-refractivity contribution in [3.63, 3.8) is 0 Å². The third-order valence-electron chi connectivity index (χ3n) is 4.17. The number of aromatic nitrogens is 2. The molecule has 3 aromatic rings. The maximum absolute atomic E-state index is 6.39. The summed E-state index contributed by atoms with van der Waals surface area (Å²) in [5.41, 5.74) is 12.1. The minimum Gasteiger partial charge on any atom is -0.496 e. The van der Waals surface area contributed by atoms with Gasteiger partial charge in [-0.25, -0.2) is 4.98 Å². The third kappa shape index (κ3) is 2.57. The molecule has 1 unspecified atom stereocenters. The van der Waals surface area contributed by atoms with Gasteiger partial charge in [0, 0.05) is 12.1 Å². The van der Waals surface area contributed by atoms with Crippen LogP contribution in [0.5, 0.6) is 5.75 Å². The molecule has 0 aliphatic heterocycles. The Morgan fingerprint density at radius 1 is 1.18 bits per heavy atom. The molecule has 0 saturated heterocycles. The second kappa shape index (κ2) is 5.81. The Kier molecular flexibility index (Phi) is 3.86. The molecule has 1 heterocycles. The first-order chi connectivity index (χ1) is 10.6. The van der Waals surface area contributed by atoms with Crippen LogP contribution >= 0.6 is 0 Å². The molecule has 0 spiro atoms. The van der Waals surface area contributed by atoms with Gasteiger partial charge in [-0.05, 0) is 43.2 Å². The largest absolute Gasteiger partial charge is 0.496 e. The van der Waals surface area contributed by atoms with Crippen LogP contribution in [0.15, 0.2) is 42.7 Å². The normalized spacial score (nSPS) is 12.5. The van der Waals surface area contributed by atoms with E-state index in [1.165, 1.54) is 11.1 Å². The molecular formula is C18H21N3O. The fraction of sp³-hybridized carbons (Fsp3) is 0.278. The number of benzene rings is 2. The molecular weight excluding hydrogens is 274 g/mol. The summed E-state index contributed by atoms with van der Waals surface area (Å²) >= 11 is 0. The van der Waals surface area contributed by atoms with Gasteiger partial charge in [0.15, 0.2) is 0 Å². The second-order valence-electron chi connectivity index (χ2n) is 5.67. The number of imidazole rings is 1. The fourth-order valence-electron chi connectivity index (χ4n) is 2.74. The minimum atomic E-state index is -0.143. The number of nitrogens with zero attached hydrogens (tertiary/aromatic N) is 2. The van der Waals surface area contributed by atoms with Crippen LogP contribution in [-0.4, -0.2) is 16.7 Å². The lowest BCUT2D eigenvalue weighted by Crippen LogP contribution is -2.18. The summed E-state index contributed by atoms with van der Waals surface area (Å²) in [5, 5.41) is 0. The molecule has 0 aliphatic carbocycles. The number of hydrogen-bond acceptors (Lipinski definition) is 3. The average Bonchev–Trinajstić information content (AvgIpc) is 2.89. The van der Waals surface area contributed by atoms with Crippen LogP contribution in [0.3, 0.4) is 0 Å². The second-order valence-corrected chi connectivity index (χ2v) is 5.67. The fourth-order valence-corrected chi connectivity index (χ4v) is 2.74. The Balaban J connectivity index is 1.94. The number of methoxy groups -OCH3 is 1. The molecule has 1 aromatic heterocycles. The van der Waals surface area contributed by atoms with Gasteiger partial charge >= 0.3 is 0 Å². The van der Waals surface area contributed by atoms with Gasteiger partial charge in [0.1, 0.15) is 5.75 Å². The zero-order chi connectivity index (χ0) is 15.7. The van der Waals surface area contributed by atoms with E-state index in [0.717, 1.165) is 22.3 Å². The molecule has 0 fully saturated rings. The molecule has 0 amide bonds. The summed E-state index contributed by atoms with van der Waals surface area (Å²) < 4.78 is 7.51. The van der Waals surface area contributed by atoms with Gasteiger partial charge in [0.25, 0.3) is 0 Å². The molecule has 4 nitrogen and oxygen atoms in total. The highest BCUT2D eigenvalue weighted by molar-refractivity contribution is 5.77. The maximum Gasteiger partial charge on any atom is 0.123 e. The highest BCUT2D eigenvalue weighted by Gasteiger charge is 2.14. The molecule has 4 heteroatoms. The summed E-state index contributed by atoms with van der Waals surface area (Å²) in [6, 6.07) is 12.0. The molecule has 0 radical (unpaired) electrons. The van der Waals surface area contributed by atoms with Crippen molar-refractivity contribution < 1.29 is 4.74 Å². The van der Waals surface area contributed by atoms with Crippen molar-refractivity contribution in [3.8, 4) is 5.75 Å². The van der Waals surface area contributed by atoms with E-state index in [4.69, 9.17) is 10.5 Å². The first kappa shape index (κ1) is 14.6. The van der Waals surface area contributed by atoms with Crippen LogP contribution in [0, 0.1) is 13.8 Å². The SMILES string of the molecule is COc1ccccc1C(N)Cn1cnc2cc(C)c(C)cc21. The zero-order valence-corrected chi connectivity index (χ0v) is 13.2. The number of ether oxygens (including phenoxy) is 1. The van der Waals surface area contributed by atoms with Gasteiger partial charge in [0.05, 0.1) is 30.5 Å². The van der Waals surface area contributed by atoms with Crippen LogP contribution in [0.4, 0.5) is 0 Å². The van der Waals surface area contributed by atoms with E-state index in [-0.39, 0.29) is 6.04 Å². The van der Waals surface area contributed by atoms with Crippen LogP contribution in [0.25, 0.3) is 11.0 Å². The van der Waals surface area contributed by atoms with Crippen LogP contribution in [0.2, 0.25) is 0 Å². The molecule has 114 valence electrons. The molecule has 3 rings (SSSR count). The van der Waals surface area contributed by atoms with E-state index < -0.39 is 0 Å². The molecule has 0 saturated carbocycles. The Hall–Kier alpha value is -2.33. The average molecular weight is 295 g/mol. The monoisotopic (exact) mass is 295 g/mol. The molecule has 0 aliphatic rings. The highest BCUT2D eigenvalue weighted by atomic mass is 16.5. The highest BCUT2D eigenvalue weighted by Crippen LogP contribution is 2.26. The number of aryl methyl sites for hydroxylation is 2. The number of nitrogens with two attached hydrogens (primary N) is 1. The topological polar surface area (TPSA) is 53.1 Å². The summed E-state index contributed by atoms with van der Waals surface area (Å²) in [6.45, 7) is 4.89. The summed E-state index contributed by atoms with van der Waals surface area (Å²) in [6.07, 6.45) is 1.86. The van der Waals surface area contributed by atoms with Gasteiger partial charge in [0.2, 0.25) is 0 Å². The lowest BCUT2D eigenvalue weighted by atomic mass is 10.1. The van der Waals surface area contributed by atoms with Crippen molar-refractivity contribution in [3.05, 3.63) is 59.4 Å². The van der Waals surface area contributed by atoms with E-state index >= 15 is 0 Å². The summed E-state index contributed by atoms with van der Waals surface area (Å²) in [4.78, 5) is 4.49. The standard InChI is InChI=1S/C18H21N3O/c1-12-8-16-17(9-13(12)2)21(11-20-16)10-15(19)14-6-4-5-7-18(14)22-3/h4-9,11,15H,10,19H2,1-3H3. The van der Waals surface area contributed by atoms with Crippen LogP contribution in [0.1, 0.15) is 22.7 Å². The van der Waals surface area contributed by atoms with Crippen LogP contribution in [-0.2, 0) is 6.54 Å². The smallest absolute Gasteiger partial charge is 0.123 e. The summed E-state index contributed by atoms with van der Waals surface area (Å²) in [5.74, 6) is 0.825. The van der Waals surface area contributed by atoms with Gasteiger partial charge in [-0.1, -0.05) is 18.2 Å². The van der Waals surface area contributed by atoms with Gasteiger partial charge in [-0.15, -0.1) is 0 Å². The van der Waals surface area contributed by atoms with Crippen molar-refractivity contribution in [2.45, 2.75) is 26.4 Å². The predicted molar refractivity (Wildman–Crippen MR) is 89.1 cm³/mol. The van der Waals surface area contributed by atoms with Crippen molar-refractivity contribution in [1.82, 2.24) is 9.55 Å². The Bertz CT molecular complexity index is 807. The van der Waals surface area contributed by atoms with E-state index in [1.54, 1.807) is 7.11 Å². The maximum atomic E-state index is 6.39.